The number of halogens is 2. The number of carbonyl (C=O) groups is 1. The summed E-state index contributed by atoms with van der Waals surface area (Å²) in [5, 5.41) is 5.98. The maximum absolute atomic E-state index is 11.7. The highest BCUT2D eigenvalue weighted by Crippen LogP contribution is 2.16. The third kappa shape index (κ3) is 9.23. The van der Waals surface area contributed by atoms with Crippen LogP contribution in [0.5, 0.6) is 0 Å². The van der Waals surface area contributed by atoms with Gasteiger partial charge >= 0.3 is 0 Å². The molecule has 0 fully saturated rings. The van der Waals surface area contributed by atoms with Gasteiger partial charge in [-0.2, -0.15) is 0 Å². The number of amides is 1. The third-order valence-corrected chi connectivity index (χ3v) is 3.07. The number of methoxy groups -OCH3 is 1. The Balaban J connectivity index is 0. The number of benzene rings is 1. The summed E-state index contributed by atoms with van der Waals surface area (Å²) in [4.78, 5) is 13.8. The second-order valence-electron chi connectivity index (χ2n) is 4.86. The summed E-state index contributed by atoms with van der Waals surface area (Å²) in [5.74, 6) is 0.00360. The molecule has 0 bridgehead atoms. The molecule has 0 aliphatic heterocycles. The molecule has 0 spiro atoms. The first kappa shape index (κ1) is 23.4. The number of nitrogens with zero attached hydrogens (tertiary/aromatic N) is 1. The van der Waals surface area contributed by atoms with Gasteiger partial charge in [0, 0.05) is 20.2 Å². The van der Waals surface area contributed by atoms with Crippen molar-refractivity contribution in [2.75, 3.05) is 47.4 Å². The molecule has 1 aromatic rings. The highest BCUT2D eigenvalue weighted by atomic mass is 35.5. The summed E-state index contributed by atoms with van der Waals surface area (Å²) in [5.41, 5.74) is 1.20. The number of carbonyl (C=O) groups excluding carboxylic acids is 1. The van der Waals surface area contributed by atoms with Crippen molar-refractivity contribution in [1.82, 2.24) is 15.5 Å². The van der Waals surface area contributed by atoms with Crippen molar-refractivity contribution in [2.45, 2.75) is 6.04 Å². The third-order valence-electron chi connectivity index (χ3n) is 3.07. The normalized spacial score (nSPS) is 11.3. The number of hydrogen-bond acceptors (Lipinski definition) is 4. The van der Waals surface area contributed by atoms with E-state index in [9.17, 15) is 4.79 Å². The van der Waals surface area contributed by atoms with Crippen LogP contribution >= 0.6 is 24.8 Å². The molecule has 7 heteroatoms. The lowest BCUT2D eigenvalue weighted by atomic mass is 10.1. The zero-order valence-electron chi connectivity index (χ0n) is 13.4. The molecule has 1 rings (SSSR count). The van der Waals surface area contributed by atoms with Gasteiger partial charge in [-0.25, -0.2) is 0 Å². The Morgan fingerprint density at radius 3 is 2.41 bits per heavy atom. The van der Waals surface area contributed by atoms with Crippen LogP contribution in [-0.2, 0) is 9.53 Å². The number of nitrogens with one attached hydrogen (secondary N) is 2. The number of likely N-dealkylation sites (N-methyl/N-ethyl adjacent to an activating group) is 1. The lowest BCUT2D eigenvalue weighted by Gasteiger charge is -2.25. The summed E-state index contributed by atoms with van der Waals surface area (Å²) in [6, 6.07) is 10.4. The summed E-state index contributed by atoms with van der Waals surface area (Å²) in [6.45, 7) is 2.21. The topological polar surface area (TPSA) is 53.6 Å². The van der Waals surface area contributed by atoms with Crippen LogP contribution in [0.4, 0.5) is 0 Å². The van der Waals surface area contributed by atoms with Crippen LogP contribution in [0.3, 0.4) is 0 Å². The van der Waals surface area contributed by atoms with Crippen molar-refractivity contribution < 1.29 is 9.53 Å². The molecule has 0 aromatic heterocycles. The molecule has 0 heterocycles. The lowest BCUT2D eigenvalue weighted by molar-refractivity contribution is -0.120. The van der Waals surface area contributed by atoms with Gasteiger partial charge in [0.05, 0.1) is 19.2 Å². The maximum atomic E-state index is 11.7. The Labute approximate surface area is 145 Å². The fraction of sp³-hybridized carbons (Fsp3) is 0.533. The average Bonchev–Trinajstić information content (AvgIpc) is 2.44. The average molecular weight is 352 g/mol. The SMILES string of the molecule is COCCNCC(=O)NCC(c1ccccc1)N(C)C.Cl.Cl. The van der Waals surface area contributed by atoms with Crippen molar-refractivity contribution in [3.8, 4) is 0 Å². The number of rotatable bonds is 9. The molecule has 1 atom stereocenters. The molecule has 0 saturated carbocycles. The second kappa shape index (κ2) is 13.8. The highest BCUT2D eigenvalue weighted by molar-refractivity contribution is 5.85. The van der Waals surface area contributed by atoms with Gasteiger partial charge in [-0.15, -0.1) is 24.8 Å². The van der Waals surface area contributed by atoms with Crippen molar-refractivity contribution in [3.63, 3.8) is 0 Å². The first-order chi connectivity index (χ1) is 9.65. The fourth-order valence-corrected chi connectivity index (χ4v) is 1.92. The summed E-state index contributed by atoms with van der Waals surface area (Å²) >= 11 is 0. The van der Waals surface area contributed by atoms with Crippen molar-refractivity contribution >= 4 is 30.7 Å². The van der Waals surface area contributed by atoms with Gasteiger partial charge in [-0.3, -0.25) is 4.79 Å². The Morgan fingerprint density at radius 2 is 1.86 bits per heavy atom. The van der Waals surface area contributed by atoms with Gasteiger partial charge < -0.3 is 20.3 Å². The number of hydrogen-bond donors (Lipinski definition) is 2. The van der Waals surface area contributed by atoms with Crippen LogP contribution in [0.2, 0.25) is 0 Å². The molecule has 0 radical (unpaired) electrons. The molecule has 128 valence electrons. The maximum Gasteiger partial charge on any atom is 0.234 e. The minimum Gasteiger partial charge on any atom is -0.383 e. The van der Waals surface area contributed by atoms with Crippen molar-refractivity contribution in [3.05, 3.63) is 35.9 Å². The van der Waals surface area contributed by atoms with E-state index in [0.717, 1.165) is 0 Å². The van der Waals surface area contributed by atoms with E-state index >= 15 is 0 Å². The molecule has 0 aliphatic carbocycles. The van der Waals surface area contributed by atoms with E-state index in [-0.39, 0.29) is 36.8 Å². The zero-order valence-corrected chi connectivity index (χ0v) is 15.0. The minimum absolute atomic E-state index is 0. The molecular weight excluding hydrogens is 325 g/mol. The van der Waals surface area contributed by atoms with E-state index in [2.05, 4.69) is 27.7 Å². The van der Waals surface area contributed by atoms with Gasteiger partial charge in [0.25, 0.3) is 0 Å². The van der Waals surface area contributed by atoms with E-state index in [0.29, 0.717) is 26.2 Å². The summed E-state index contributed by atoms with van der Waals surface area (Å²) in [7, 11) is 5.67. The van der Waals surface area contributed by atoms with Crippen molar-refractivity contribution in [1.29, 1.82) is 0 Å². The van der Waals surface area contributed by atoms with Gasteiger partial charge in [0.1, 0.15) is 0 Å². The highest BCUT2D eigenvalue weighted by Gasteiger charge is 2.14. The van der Waals surface area contributed by atoms with E-state index in [1.165, 1.54) is 5.56 Å². The summed E-state index contributed by atoms with van der Waals surface area (Å²) in [6.07, 6.45) is 0. The molecule has 0 saturated heterocycles. The molecular formula is C15H27Cl2N3O2. The van der Waals surface area contributed by atoms with Crippen LogP contribution in [0.1, 0.15) is 11.6 Å². The molecule has 1 unspecified atom stereocenters. The standard InChI is InChI=1S/C15H25N3O2.2ClH/c1-18(2)14(13-7-5-4-6-8-13)11-17-15(19)12-16-9-10-20-3;;/h4-8,14,16H,9-12H2,1-3H3,(H,17,19);2*1H. The smallest absolute Gasteiger partial charge is 0.234 e. The van der Waals surface area contributed by atoms with E-state index in [1.807, 2.05) is 32.3 Å². The zero-order chi connectivity index (χ0) is 14.8. The molecule has 1 amide bonds. The van der Waals surface area contributed by atoms with E-state index in [4.69, 9.17) is 4.74 Å². The van der Waals surface area contributed by atoms with E-state index < -0.39 is 0 Å². The summed E-state index contributed by atoms with van der Waals surface area (Å²) < 4.78 is 4.91. The van der Waals surface area contributed by atoms with Crippen LogP contribution in [0.15, 0.2) is 30.3 Å². The molecule has 5 nitrogen and oxygen atoms in total. The van der Waals surface area contributed by atoms with Gasteiger partial charge in [0.15, 0.2) is 0 Å². The Kier molecular flexibility index (Phi) is 14.7. The van der Waals surface area contributed by atoms with Crippen LogP contribution in [0.25, 0.3) is 0 Å². The Morgan fingerprint density at radius 1 is 1.23 bits per heavy atom. The first-order valence-corrected chi connectivity index (χ1v) is 6.83. The van der Waals surface area contributed by atoms with Crippen molar-refractivity contribution in [2.24, 2.45) is 0 Å². The lowest BCUT2D eigenvalue weighted by Crippen LogP contribution is -2.39. The molecule has 1 aromatic carbocycles. The van der Waals surface area contributed by atoms with Gasteiger partial charge in [-0.05, 0) is 19.7 Å². The monoisotopic (exact) mass is 351 g/mol. The molecule has 22 heavy (non-hydrogen) atoms. The molecule has 2 N–H and O–H groups in total. The Bertz CT molecular complexity index is 392. The fourth-order valence-electron chi connectivity index (χ4n) is 1.92. The predicted octanol–water partition coefficient (Wildman–Crippen LogP) is 1.49. The largest absolute Gasteiger partial charge is 0.383 e. The predicted molar refractivity (Wildman–Crippen MR) is 95.1 cm³/mol. The minimum atomic E-state index is 0. The molecule has 0 aliphatic rings. The second-order valence-corrected chi connectivity index (χ2v) is 4.86. The number of ether oxygens (including phenoxy) is 1. The Hall–Kier alpha value is -0.850. The first-order valence-electron chi connectivity index (χ1n) is 6.83. The van der Waals surface area contributed by atoms with E-state index in [1.54, 1.807) is 7.11 Å². The van der Waals surface area contributed by atoms with Crippen LogP contribution in [-0.4, -0.2) is 58.3 Å². The quantitative estimate of drug-likeness (QED) is 0.661. The van der Waals surface area contributed by atoms with Gasteiger partial charge in [-0.1, -0.05) is 30.3 Å². The van der Waals surface area contributed by atoms with Crippen LogP contribution < -0.4 is 10.6 Å². The van der Waals surface area contributed by atoms with Gasteiger partial charge in [0.2, 0.25) is 5.91 Å². The van der Waals surface area contributed by atoms with Crippen LogP contribution in [0, 0.1) is 0 Å².